The van der Waals surface area contributed by atoms with Gasteiger partial charge in [-0.15, -0.1) is 0 Å². The zero-order valence-electron chi connectivity index (χ0n) is 16.3. The maximum atomic E-state index is 12.2. The molecule has 28 heavy (non-hydrogen) atoms. The fourth-order valence-corrected chi connectivity index (χ4v) is 3.22. The molecule has 4 N–H and O–H groups in total. The third kappa shape index (κ3) is 4.05. The molecule has 1 aliphatic rings. The SMILES string of the molecule is CCNc1c(C(N)=O)c(C#Cc2cc(OC)cc(OC)c2)nn1C1CCNC1. The van der Waals surface area contributed by atoms with E-state index in [2.05, 4.69) is 27.6 Å². The first-order chi connectivity index (χ1) is 13.6. The van der Waals surface area contributed by atoms with E-state index in [0.717, 1.165) is 19.5 Å². The van der Waals surface area contributed by atoms with Crippen LogP contribution in [0.4, 0.5) is 5.82 Å². The number of aromatic nitrogens is 2. The van der Waals surface area contributed by atoms with Gasteiger partial charge in [-0.1, -0.05) is 5.92 Å². The van der Waals surface area contributed by atoms with Gasteiger partial charge in [0.05, 0.1) is 20.3 Å². The summed E-state index contributed by atoms with van der Waals surface area (Å²) in [6, 6.07) is 5.51. The van der Waals surface area contributed by atoms with Crippen LogP contribution in [0.1, 0.15) is 41.0 Å². The van der Waals surface area contributed by atoms with E-state index < -0.39 is 5.91 Å². The summed E-state index contributed by atoms with van der Waals surface area (Å²) in [7, 11) is 3.16. The largest absolute Gasteiger partial charge is 0.497 e. The van der Waals surface area contributed by atoms with E-state index in [0.29, 0.717) is 40.7 Å². The van der Waals surface area contributed by atoms with Gasteiger partial charge in [0.2, 0.25) is 0 Å². The highest BCUT2D eigenvalue weighted by atomic mass is 16.5. The van der Waals surface area contributed by atoms with Crippen molar-refractivity contribution in [2.75, 3.05) is 39.2 Å². The number of carbonyl (C=O) groups excluding carboxylic acids is 1. The number of nitrogens with one attached hydrogen (secondary N) is 2. The van der Waals surface area contributed by atoms with E-state index in [-0.39, 0.29) is 6.04 Å². The van der Waals surface area contributed by atoms with Crippen LogP contribution < -0.4 is 25.8 Å². The molecule has 0 aliphatic carbocycles. The summed E-state index contributed by atoms with van der Waals surface area (Å²) in [5.74, 6) is 7.38. The molecule has 1 fully saturated rings. The zero-order valence-corrected chi connectivity index (χ0v) is 16.3. The second-order valence-electron chi connectivity index (χ2n) is 6.41. The third-order valence-electron chi connectivity index (χ3n) is 4.56. The summed E-state index contributed by atoms with van der Waals surface area (Å²) in [6.07, 6.45) is 0.929. The lowest BCUT2D eigenvalue weighted by atomic mass is 10.1. The van der Waals surface area contributed by atoms with Crippen LogP contribution in [0.15, 0.2) is 18.2 Å². The van der Waals surface area contributed by atoms with Crippen molar-refractivity contribution in [2.45, 2.75) is 19.4 Å². The number of methoxy groups -OCH3 is 2. The Morgan fingerprint density at radius 2 is 2.04 bits per heavy atom. The summed E-state index contributed by atoms with van der Waals surface area (Å²) >= 11 is 0. The highest BCUT2D eigenvalue weighted by molar-refractivity contribution is 6.00. The second-order valence-corrected chi connectivity index (χ2v) is 6.41. The molecule has 0 radical (unpaired) electrons. The van der Waals surface area contributed by atoms with Gasteiger partial charge >= 0.3 is 0 Å². The maximum Gasteiger partial charge on any atom is 0.255 e. The van der Waals surface area contributed by atoms with Crippen molar-refractivity contribution in [3.05, 3.63) is 35.0 Å². The lowest BCUT2D eigenvalue weighted by Crippen LogP contribution is -2.19. The third-order valence-corrected chi connectivity index (χ3v) is 4.56. The van der Waals surface area contributed by atoms with Crippen molar-refractivity contribution in [1.29, 1.82) is 0 Å². The number of carbonyl (C=O) groups is 1. The first kappa shape index (κ1) is 19.6. The van der Waals surface area contributed by atoms with Crippen molar-refractivity contribution < 1.29 is 14.3 Å². The minimum Gasteiger partial charge on any atom is -0.497 e. The number of nitrogens with zero attached hydrogens (tertiary/aromatic N) is 2. The predicted molar refractivity (Wildman–Crippen MR) is 107 cm³/mol. The Morgan fingerprint density at radius 3 is 2.57 bits per heavy atom. The van der Waals surface area contributed by atoms with E-state index in [1.165, 1.54) is 0 Å². The molecule has 2 heterocycles. The monoisotopic (exact) mass is 383 g/mol. The number of primary amides is 1. The minimum absolute atomic E-state index is 0.152. The van der Waals surface area contributed by atoms with E-state index in [1.807, 2.05) is 11.6 Å². The number of rotatable bonds is 6. The molecule has 1 aliphatic heterocycles. The molecule has 2 aromatic rings. The maximum absolute atomic E-state index is 12.2. The standard InChI is InChI=1S/C20H25N5O3/c1-4-23-20-18(19(21)26)17(24-25(20)14-7-8-22-12-14)6-5-13-9-15(27-2)11-16(10-13)28-3/h9-11,14,22-23H,4,7-8,12H2,1-3H3,(H2,21,26). The zero-order chi connectivity index (χ0) is 20.1. The van der Waals surface area contributed by atoms with Crippen molar-refractivity contribution in [2.24, 2.45) is 5.73 Å². The van der Waals surface area contributed by atoms with Crippen LogP contribution in [0.25, 0.3) is 0 Å². The molecule has 8 nitrogen and oxygen atoms in total. The Hall–Kier alpha value is -3.18. The van der Waals surface area contributed by atoms with Crippen LogP contribution in [-0.2, 0) is 0 Å². The van der Waals surface area contributed by atoms with Gasteiger partial charge in [-0.2, -0.15) is 5.10 Å². The highest BCUT2D eigenvalue weighted by Gasteiger charge is 2.27. The van der Waals surface area contributed by atoms with E-state index in [4.69, 9.17) is 15.2 Å². The average molecular weight is 383 g/mol. The Labute approximate surface area is 164 Å². The molecular formula is C20H25N5O3. The molecule has 1 atom stereocenters. The van der Waals surface area contributed by atoms with Gasteiger partial charge in [-0.05, 0) is 37.9 Å². The summed E-state index contributed by atoms with van der Waals surface area (Å²) < 4.78 is 12.4. The van der Waals surface area contributed by atoms with E-state index >= 15 is 0 Å². The van der Waals surface area contributed by atoms with Gasteiger partial charge in [-0.25, -0.2) is 4.68 Å². The van der Waals surface area contributed by atoms with E-state index in [9.17, 15) is 4.79 Å². The Kier molecular flexibility index (Phi) is 6.06. The fraction of sp³-hybridized carbons (Fsp3) is 0.400. The summed E-state index contributed by atoms with van der Waals surface area (Å²) in [5.41, 5.74) is 7.03. The lowest BCUT2D eigenvalue weighted by Gasteiger charge is -2.14. The Balaban J connectivity index is 2.06. The number of anilines is 1. The number of ether oxygens (including phenoxy) is 2. The van der Waals surface area contributed by atoms with Crippen molar-refractivity contribution in [3.8, 4) is 23.3 Å². The molecule has 1 amide bonds. The molecule has 3 rings (SSSR count). The molecule has 1 aromatic carbocycles. The Morgan fingerprint density at radius 1 is 1.32 bits per heavy atom. The first-order valence-corrected chi connectivity index (χ1v) is 9.19. The molecule has 1 saturated heterocycles. The van der Waals surface area contributed by atoms with Gasteiger partial charge < -0.3 is 25.8 Å². The summed E-state index contributed by atoms with van der Waals surface area (Å²) in [4.78, 5) is 12.2. The molecule has 1 aromatic heterocycles. The van der Waals surface area contributed by atoms with Crippen LogP contribution in [0.3, 0.4) is 0 Å². The molecule has 148 valence electrons. The number of hydrogen-bond acceptors (Lipinski definition) is 6. The number of amides is 1. The fourth-order valence-electron chi connectivity index (χ4n) is 3.22. The minimum atomic E-state index is -0.555. The molecule has 8 heteroatoms. The van der Waals surface area contributed by atoms with Gasteiger partial charge in [0.25, 0.3) is 5.91 Å². The van der Waals surface area contributed by atoms with Crippen molar-refractivity contribution in [1.82, 2.24) is 15.1 Å². The number of nitrogens with two attached hydrogens (primary N) is 1. The van der Waals surface area contributed by atoms with Crippen molar-refractivity contribution >= 4 is 11.7 Å². The van der Waals surface area contributed by atoms with Crippen LogP contribution in [0, 0.1) is 11.8 Å². The highest BCUT2D eigenvalue weighted by Crippen LogP contribution is 2.27. The number of benzene rings is 1. The summed E-state index contributed by atoms with van der Waals surface area (Å²) in [6.45, 7) is 4.31. The smallest absolute Gasteiger partial charge is 0.255 e. The molecule has 0 saturated carbocycles. The first-order valence-electron chi connectivity index (χ1n) is 9.19. The predicted octanol–water partition coefficient (Wildman–Crippen LogP) is 1.37. The van der Waals surface area contributed by atoms with Gasteiger partial charge in [0, 0.05) is 24.7 Å². The normalized spacial score (nSPS) is 15.6. The summed E-state index contributed by atoms with van der Waals surface area (Å²) in [5, 5.41) is 11.1. The van der Waals surface area contributed by atoms with Crippen LogP contribution in [0.5, 0.6) is 11.5 Å². The quantitative estimate of drug-likeness (QED) is 0.651. The molecular weight excluding hydrogens is 358 g/mol. The van der Waals surface area contributed by atoms with Crippen LogP contribution in [0.2, 0.25) is 0 Å². The molecule has 1 unspecified atom stereocenters. The molecule has 0 bridgehead atoms. The van der Waals surface area contributed by atoms with Crippen LogP contribution >= 0.6 is 0 Å². The Bertz CT molecular complexity index is 898. The second kappa shape index (κ2) is 8.67. The van der Waals surface area contributed by atoms with Crippen molar-refractivity contribution in [3.63, 3.8) is 0 Å². The van der Waals surface area contributed by atoms with Gasteiger partial charge in [-0.3, -0.25) is 4.79 Å². The number of hydrogen-bond donors (Lipinski definition) is 3. The lowest BCUT2D eigenvalue weighted by molar-refractivity contribution is 0.100. The topological polar surface area (TPSA) is 103 Å². The van der Waals surface area contributed by atoms with E-state index in [1.54, 1.807) is 32.4 Å². The molecule has 0 spiro atoms. The van der Waals surface area contributed by atoms with Gasteiger partial charge in [0.1, 0.15) is 22.9 Å². The average Bonchev–Trinajstić information content (AvgIpc) is 3.34. The van der Waals surface area contributed by atoms with Crippen LogP contribution in [-0.4, -0.2) is 49.5 Å². The van der Waals surface area contributed by atoms with Gasteiger partial charge in [0.15, 0.2) is 5.69 Å².